The summed E-state index contributed by atoms with van der Waals surface area (Å²) in [6.07, 6.45) is 0. The van der Waals surface area contributed by atoms with Crippen molar-refractivity contribution >= 4 is 11.8 Å². The van der Waals surface area contributed by atoms with Crippen molar-refractivity contribution in [2.24, 2.45) is 0 Å². The monoisotopic (exact) mass is 341 g/mol. The average Bonchev–Trinajstić information content (AvgIpc) is 2.72. The lowest BCUT2D eigenvalue weighted by Crippen LogP contribution is -2.06. The Balaban J connectivity index is 1.63. The fourth-order valence-corrected chi connectivity index (χ4v) is 2.42. The van der Waals surface area contributed by atoms with E-state index in [1.165, 1.54) is 0 Å². The molecular weight excluding hydrogens is 326 g/mol. The van der Waals surface area contributed by atoms with Crippen molar-refractivity contribution in [1.29, 1.82) is 5.26 Å². The molecule has 0 saturated heterocycles. The average molecular weight is 341 g/mol. The Kier molecular flexibility index (Phi) is 5.21. The van der Waals surface area contributed by atoms with Crippen LogP contribution in [0.4, 0.5) is 0 Å². The summed E-state index contributed by atoms with van der Waals surface area (Å²) in [7, 11) is 0. The molecule has 0 aliphatic heterocycles. The van der Waals surface area contributed by atoms with Gasteiger partial charge in [-0.05, 0) is 29.8 Å². The highest BCUT2D eigenvalue weighted by Crippen LogP contribution is 2.13. The highest BCUT2D eigenvalue weighted by atomic mass is 16.5. The topological polar surface area (TPSA) is 67.2 Å². The molecule has 0 heterocycles. The van der Waals surface area contributed by atoms with Crippen LogP contribution in [-0.2, 0) is 11.3 Å². The lowest BCUT2D eigenvalue weighted by molar-refractivity contribution is 0.0472. The quantitative estimate of drug-likeness (QED) is 0.516. The summed E-state index contributed by atoms with van der Waals surface area (Å²) in [6.45, 7) is 0.120. The first-order valence-corrected chi connectivity index (χ1v) is 8.03. The number of benzene rings is 3. The van der Waals surface area contributed by atoms with Crippen LogP contribution in [0.1, 0.15) is 37.4 Å². The van der Waals surface area contributed by atoms with Crippen molar-refractivity contribution in [2.45, 2.75) is 6.61 Å². The minimum atomic E-state index is -0.465. The van der Waals surface area contributed by atoms with E-state index in [1.807, 2.05) is 24.3 Å². The zero-order valence-corrected chi connectivity index (χ0v) is 13.9. The smallest absolute Gasteiger partial charge is 0.338 e. The zero-order chi connectivity index (χ0) is 18.4. The Labute approximate surface area is 151 Å². The number of esters is 1. The molecule has 0 amide bonds. The van der Waals surface area contributed by atoms with E-state index in [9.17, 15) is 9.59 Å². The number of hydrogen-bond acceptors (Lipinski definition) is 4. The van der Waals surface area contributed by atoms with Crippen LogP contribution >= 0.6 is 0 Å². The van der Waals surface area contributed by atoms with Crippen molar-refractivity contribution in [2.75, 3.05) is 0 Å². The minimum Gasteiger partial charge on any atom is -0.457 e. The summed E-state index contributed by atoms with van der Waals surface area (Å²) in [5, 5.41) is 8.77. The molecule has 0 radical (unpaired) electrons. The number of hydrogen-bond donors (Lipinski definition) is 0. The van der Waals surface area contributed by atoms with Crippen molar-refractivity contribution in [3.05, 3.63) is 107 Å². The lowest BCUT2D eigenvalue weighted by atomic mass is 10.0. The molecule has 0 bridgehead atoms. The molecule has 0 unspecified atom stereocenters. The molecule has 3 rings (SSSR count). The minimum absolute atomic E-state index is 0.0944. The zero-order valence-electron chi connectivity index (χ0n) is 13.9. The van der Waals surface area contributed by atoms with Crippen LogP contribution in [0, 0.1) is 11.3 Å². The van der Waals surface area contributed by atoms with E-state index in [-0.39, 0.29) is 12.4 Å². The van der Waals surface area contributed by atoms with Gasteiger partial charge < -0.3 is 4.74 Å². The van der Waals surface area contributed by atoms with Crippen LogP contribution in [0.25, 0.3) is 0 Å². The molecule has 4 nitrogen and oxygen atoms in total. The van der Waals surface area contributed by atoms with Crippen LogP contribution in [-0.4, -0.2) is 11.8 Å². The summed E-state index contributed by atoms with van der Waals surface area (Å²) in [6, 6.07) is 24.2. The summed E-state index contributed by atoms with van der Waals surface area (Å²) >= 11 is 0. The van der Waals surface area contributed by atoms with Crippen LogP contribution in [0.5, 0.6) is 0 Å². The van der Waals surface area contributed by atoms with Crippen LogP contribution in [0.3, 0.4) is 0 Å². The molecule has 0 atom stereocenters. The normalized spacial score (nSPS) is 9.96. The Morgan fingerprint density at radius 1 is 0.769 bits per heavy atom. The number of rotatable bonds is 5. The van der Waals surface area contributed by atoms with Gasteiger partial charge >= 0.3 is 5.97 Å². The van der Waals surface area contributed by atoms with Gasteiger partial charge in [0.2, 0.25) is 0 Å². The van der Waals surface area contributed by atoms with Gasteiger partial charge in [-0.3, -0.25) is 4.79 Å². The maximum atomic E-state index is 12.4. The van der Waals surface area contributed by atoms with Gasteiger partial charge in [0.05, 0.1) is 17.2 Å². The maximum Gasteiger partial charge on any atom is 0.338 e. The van der Waals surface area contributed by atoms with Gasteiger partial charge in [0.15, 0.2) is 5.78 Å². The van der Waals surface area contributed by atoms with Crippen molar-refractivity contribution in [3.63, 3.8) is 0 Å². The number of ketones is 1. The fourth-order valence-electron chi connectivity index (χ4n) is 2.42. The second-order valence-corrected chi connectivity index (χ2v) is 5.66. The van der Waals surface area contributed by atoms with Gasteiger partial charge in [-0.25, -0.2) is 4.79 Å². The third kappa shape index (κ3) is 4.03. The van der Waals surface area contributed by atoms with E-state index in [0.29, 0.717) is 22.3 Å². The predicted octanol–water partition coefficient (Wildman–Crippen LogP) is 4.15. The van der Waals surface area contributed by atoms with E-state index in [2.05, 4.69) is 0 Å². The number of carbonyl (C=O) groups excluding carboxylic acids is 2. The first kappa shape index (κ1) is 17.1. The number of ether oxygens (including phenoxy) is 1. The molecule has 0 spiro atoms. The van der Waals surface area contributed by atoms with Gasteiger partial charge in [0.1, 0.15) is 6.61 Å². The lowest BCUT2D eigenvalue weighted by Gasteiger charge is -2.06. The molecule has 0 aliphatic carbocycles. The molecule has 0 aromatic heterocycles. The van der Waals surface area contributed by atoms with Crippen LogP contribution in [0.2, 0.25) is 0 Å². The first-order valence-electron chi connectivity index (χ1n) is 8.03. The van der Waals surface area contributed by atoms with Crippen molar-refractivity contribution in [1.82, 2.24) is 0 Å². The summed E-state index contributed by atoms with van der Waals surface area (Å²) < 4.78 is 5.27. The molecular formula is C22H15NO3. The van der Waals surface area contributed by atoms with Crippen molar-refractivity contribution < 1.29 is 14.3 Å². The Hall–Kier alpha value is -3.71. The molecule has 0 saturated carbocycles. The maximum absolute atomic E-state index is 12.4. The molecule has 0 N–H and O–H groups in total. The van der Waals surface area contributed by atoms with E-state index < -0.39 is 5.97 Å². The highest BCUT2D eigenvalue weighted by molar-refractivity contribution is 6.09. The molecule has 0 fully saturated rings. The predicted molar refractivity (Wildman–Crippen MR) is 96.6 cm³/mol. The number of nitriles is 1. The van der Waals surface area contributed by atoms with E-state index in [0.717, 1.165) is 5.56 Å². The molecule has 126 valence electrons. The van der Waals surface area contributed by atoms with Crippen LogP contribution in [0.15, 0.2) is 78.9 Å². The van der Waals surface area contributed by atoms with E-state index in [1.54, 1.807) is 60.7 Å². The SMILES string of the molecule is N#Cc1ccc(COC(=O)c2ccc(C(=O)c3ccccc3)cc2)cc1. The molecule has 0 aliphatic rings. The molecule has 3 aromatic rings. The van der Waals surface area contributed by atoms with Gasteiger partial charge in [-0.1, -0.05) is 54.6 Å². The van der Waals surface area contributed by atoms with E-state index in [4.69, 9.17) is 10.00 Å². The first-order chi connectivity index (χ1) is 12.7. The summed E-state index contributed by atoms with van der Waals surface area (Å²) in [5.41, 5.74) is 2.85. The number of carbonyl (C=O) groups is 2. The van der Waals surface area contributed by atoms with Gasteiger partial charge in [-0.2, -0.15) is 5.26 Å². The van der Waals surface area contributed by atoms with E-state index >= 15 is 0 Å². The Morgan fingerprint density at radius 3 is 1.96 bits per heavy atom. The Bertz CT molecular complexity index is 953. The largest absolute Gasteiger partial charge is 0.457 e. The molecule has 4 heteroatoms. The van der Waals surface area contributed by atoms with Crippen molar-refractivity contribution in [3.8, 4) is 6.07 Å². The van der Waals surface area contributed by atoms with Gasteiger partial charge in [0, 0.05) is 11.1 Å². The summed E-state index contributed by atoms with van der Waals surface area (Å²) in [5.74, 6) is -0.559. The second-order valence-electron chi connectivity index (χ2n) is 5.66. The second kappa shape index (κ2) is 7.91. The third-order valence-electron chi connectivity index (χ3n) is 3.87. The fraction of sp³-hybridized carbons (Fsp3) is 0.0455. The van der Waals surface area contributed by atoms with Gasteiger partial charge in [-0.15, -0.1) is 0 Å². The Morgan fingerprint density at radius 2 is 1.35 bits per heavy atom. The number of nitrogens with zero attached hydrogens (tertiary/aromatic N) is 1. The molecule has 26 heavy (non-hydrogen) atoms. The standard InChI is InChI=1S/C22H15NO3/c23-14-16-6-8-17(9-7-16)15-26-22(25)20-12-10-19(11-13-20)21(24)18-4-2-1-3-5-18/h1-13H,15H2. The van der Waals surface area contributed by atoms with Gasteiger partial charge in [0.25, 0.3) is 0 Å². The third-order valence-corrected chi connectivity index (χ3v) is 3.87. The highest BCUT2D eigenvalue weighted by Gasteiger charge is 2.11. The molecule has 3 aromatic carbocycles. The summed E-state index contributed by atoms with van der Waals surface area (Å²) in [4.78, 5) is 24.5. The van der Waals surface area contributed by atoms with Crippen LogP contribution < -0.4 is 0 Å².